The molecule has 7 rings (SSSR count). The Hall–Kier alpha value is -5.99. The number of pyridine rings is 1. The lowest BCUT2D eigenvalue weighted by Gasteiger charge is -2.42. The number of nitrogens with zero attached hydrogens (tertiary/aromatic N) is 3. The third kappa shape index (κ3) is 7.32. The number of thioether (sulfide) groups is 1. The highest BCUT2D eigenvalue weighted by Gasteiger charge is 2.53. The topological polar surface area (TPSA) is 81.1 Å². The summed E-state index contributed by atoms with van der Waals surface area (Å²) in [5.74, 6) is 0.451. The van der Waals surface area contributed by atoms with E-state index in [-0.39, 0.29) is 17.8 Å². The number of carbonyl (C=O) groups excluding carboxylic acids is 2. The highest BCUT2D eigenvalue weighted by atomic mass is 32.2. The smallest absolute Gasteiger partial charge is 0.290 e. The Morgan fingerprint density at radius 2 is 1.25 bits per heavy atom. The predicted octanol–water partition coefficient (Wildman–Crippen LogP) is 8.78. The maximum Gasteiger partial charge on any atom is 0.290 e. The molecule has 0 radical (unpaired) electrons. The van der Waals surface area contributed by atoms with Crippen LogP contribution >= 0.6 is 11.8 Å². The van der Waals surface area contributed by atoms with Crippen LogP contribution in [0.1, 0.15) is 27.8 Å². The van der Waals surface area contributed by atoms with Gasteiger partial charge in [0.15, 0.2) is 6.61 Å². The number of hydrogen-bond acceptors (Lipinski definition) is 7. The maximum atomic E-state index is 14.4. The van der Waals surface area contributed by atoms with Crippen molar-refractivity contribution in [2.24, 2.45) is 5.16 Å². The summed E-state index contributed by atoms with van der Waals surface area (Å²) in [5.41, 5.74) is 5.25. The summed E-state index contributed by atoms with van der Waals surface area (Å²) >= 11 is 1.08. The second-order valence-electron chi connectivity index (χ2n) is 12.0. The Morgan fingerprint density at radius 1 is 0.686 bits per heavy atom. The van der Waals surface area contributed by atoms with Crippen LogP contribution in [0.25, 0.3) is 11.1 Å². The Kier molecular flexibility index (Phi) is 10.3. The van der Waals surface area contributed by atoms with Crippen molar-refractivity contribution < 1.29 is 19.2 Å². The van der Waals surface area contributed by atoms with E-state index in [0.717, 1.165) is 50.7 Å². The Labute approximate surface area is 301 Å². The standard InChI is InChI=1S/C43H35N3O4S/c47-41-40(51-42(48)46(41)43(36-15-7-2-8-16-36,37-17-9-3-10-18-37)38-19-11-4-12-20-38)28-32-21-23-39(24-22-32)49-25-26-50-45-30-33-27-35(31-44-29-33)34-13-5-1-6-14-34/h1-24,27,29-31,40H,25-26,28H2/b45-30+. The third-order valence-electron chi connectivity index (χ3n) is 8.76. The van der Waals surface area contributed by atoms with Crippen molar-refractivity contribution >= 4 is 29.1 Å². The van der Waals surface area contributed by atoms with E-state index < -0.39 is 10.8 Å². The van der Waals surface area contributed by atoms with Crippen LogP contribution in [0.5, 0.6) is 5.75 Å². The maximum absolute atomic E-state index is 14.4. The highest BCUT2D eigenvalue weighted by molar-refractivity contribution is 8.15. The van der Waals surface area contributed by atoms with E-state index in [2.05, 4.69) is 10.1 Å². The number of amides is 2. The molecule has 51 heavy (non-hydrogen) atoms. The third-order valence-corrected chi connectivity index (χ3v) is 9.80. The minimum absolute atomic E-state index is 0.220. The number of oxime groups is 1. The molecule has 1 aromatic heterocycles. The molecule has 2 amide bonds. The molecule has 1 atom stereocenters. The lowest BCUT2D eigenvalue weighted by Crippen LogP contribution is -2.51. The molecule has 0 bridgehead atoms. The molecule has 1 aliphatic heterocycles. The molecule has 2 heterocycles. The van der Waals surface area contributed by atoms with E-state index in [1.54, 1.807) is 12.4 Å². The van der Waals surface area contributed by atoms with Crippen molar-refractivity contribution in [1.82, 2.24) is 9.88 Å². The average molecular weight is 690 g/mol. The zero-order valence-electron chi connectivity index (χ0n) is 27.7. The molecule has 0 N–H and O–H groups in total. The van der Waals surface area contributed by atoms with Crippen LogP contribution in [-0.2, 0) is 21.6 Å². The van der Waals surface area contributed by atoms with Crippen molar-refractivity contribution in [3.05, 3.63) is 192 Å². The van der Waals surface area contributed by atoms with Gasteiger partial charge in [0.25, 0.3) is 5.24 Å². The Bertz CT molecular complexity index is 2000. The van der Waals surface area contributed by atoms with Gasteiger partial charge in [-0.1, -0.05) is 150 Å². The van der Waals surface area contributed by atoms with Crippen molar-refractivity contribution in [3.8, 4) is 16.9 Å². The normalized spacial score (nSPS) is 14.6. The summed E-state index contributed by atoms with van der Waals surface area (Å²) in [4.78, 5) is 39.5. The fourth-order valence-electron chi connectivity index (χ4n) is 6.42. The molecule has 1 fully saturated rings. The van der Waals surface area contributed by atoms with Crippen molar-refractivity contribution in [3.63, 3.8) is 0 Å². The van der Waals surface area contributed by atoms with Gasteiger partial charge in [-0.15, -0.1) is 0 Å². The number of imide groups is 1. The number of hydrogen-bond donors (Lipinski definition) is 0. The van der Waals surface area contributed by atoms with E-state index in [0.29, 0.717) is 18.8 Å². The Balaban J connectivity index is 0.997. The van der Waals surface area contributed by atoms with Gasteiger partial charge >= 0.3 is 0 Å². The van der Waals surface area contributed by atoms with Gasteiger partial charge in [0.2, 0.25) is 5.91 Å². The molecule has 1 saturated heterocycles. The summed E-state index contributed by atoms with van der Waals surface area (Å²) in [6, 6.07) is 49.0. The number of ether oxygens (including phenoxy) is 1. The molecule has 0 aliphatic carbocycles. The first-order valence-corrected chi connectivity index (χ1v) is 17.6. The second kappa shape index (κ2) is 15.7. The van der Waals surface area contributed by atoms with Crippen LogP contribution in [0.15, 0.2) is 169 Å². The van der Waals surface area contributed by atoms with Crippen LogP contribution in [-0.4, -0.2) is 45.7 Å². The van der Waals surface area contributed by atoms with Crippen molar-refractivity contribution in [2.45, 2.75) is 17.2 Å². The molecule has 1 unspecified atom stereocenters. The van der Waals surface area contributed by atoms with E-state index in [4.69, 9.17) is 9.57 Å². The number of carbonyl (C=O) groups is 2. The van der Waals surface area contributed by atoms with E-state index in [1.165, 1.54) is 4.90 Å². The summed E-state index contributed by atoms with van der Waals surface area (Å²) in [5, 5.41) is 3.21. The number of rotatable bonds is 13. The molecule has 1 aliphatic rings. The minimum atomic E-state index is -1.13. The van der Waals surface area contributed by atoms with E-state index in [1.807, 2.05) is 158 Å². The molecule has 5 aromatic carbocycles. The van der Waals surface area contributed by atoms with Crippen molar-refractivity contribution in [2.75, 3.05) is 13.2 Å². The number of aromatic nitrogens is 1. The molecule has 6 aromatic rings. The summed E-state index contributed by atoms with van der Waals surface area (Å²) in [6.07, 6.45) is 5.58. The zero-order chi connectivity index (χ0) is 34.9. The van der Waals surface area contributed by atoms with Gasteiger partial charge in [-0.25, -0.2) is 0 Å². The summed E-state index contributed by atoms with van der Waals surface area (Å²) in [6.45, 7) is 0.571. The SMILES string of the molecule is O=C1SC(Cc2ccc(OCCO/N=C/c3cncc(-c4ccccc4)c3)cc2)C(=O)N1C(c1ccccc1)(c1ccccc1)c1ccccc1. The average Bonchev–Trinajstić information content (AvgIpc) is 3.47. The fraction of sp³-hybridized carbons (Fsp3) is 0.116. The first-order chi connectivity index (χ1) is 25.1. The summed E-state index contributed by atoms with van der Waals surface area (Å²) in [7, 11) is 0. The zero-order valence-corrected chi connectivity index (χ0v) is 28.6. The van der Waals surface area contributed by atoms with Crippen LogP contribution in [0, 0.1) is 0 Å². The largest absolute Gasteiger partial charge is 0.490 e. The molecule has 252 valence electrons. The predicted molar refractivity (Wildman–Crippen MR) is 202 cm³/mol. The van der Waals surface area contributed by atoms with Gasteiger partial charge in [-0.05, 0) is 52.4 Å². The Morgan fingerprint density at radius 3 is 1.84 bits per heavy atom. The molecular weight excluding hydrogens is 655 g/mol. The first kappa shape index (κ1) is 33.5. The van der Waals surface area contributed by atoms with Crippen LogP contribution in [0.2, 0.25) is 0 Å². The van der Waals surface area contributed by atoms with Gasteiger partial charge in [-0.2, -0.15) is 0 Å². The van der Waals surface area contributed by atoms with Gasteiger partial charge in [0, 0.05) is 23.5 Å². The van der Waals surface area contributed by atoms with Crippen LogP contribution in [0.3, 0.4) is 0 Å². The van der Waals surface area contributed by atoms with Crippen molar-refractivity contribution in [1.29, 1.82) is 0 Å². The highest BCUT2D eigenvalue weighted by Crippen LogP contribution is 2.47. The first-order valence-electron chi connectivity index (χ1n) is 16.7. The van der Waals surface area contributed by atoms with E-state index >= 15 is 0 Å². The fourth-order valence-corrected chi connectivity index (χ4v) is 7.47. The molecular formula is C43H35N3O4S. The molecule has 0 spiro atoms. The second-order valence-corrected chi connectivity index (χ2v) is 13.1. The lowest BCUT2D eigenvalue weighted by molar-refractivity contribution is -0.129. The summed E-state index contributed by atoms with van der Waals surface area (Å²) < 4.78 is 5.86. The monoisotopic (exact) mass is 689 g/mol. The molecule has 7 nitrogen and oxygen atoms in total. The van der Waals surface area contributed by atoms with Gasteiger partial charge in [0.1, 0.15) is 17.9 Å². The number of benzene rings is 5. The van der Waals surface area contributed by atoms with Gasteiger partial charge < -0.3 is 9.57 Å². The van der Waals surface area contributed by atoms with E-state index in [9.17, 15) is 9.59 Å². The quantitative estimate of drug-likeness (QED) is 0.0522. The van der Waals surface area contributed by atoms with Crippen LogP contribution < -0.4 is 4.74 Å². The molecule has 0 saturated carbocycles. The lowest BCUT2D eigenvalue weighted by atomic mass is 9.75. The minimum Gasteiger partial charge on any atom is -0.490 e. The van der Waals surface area contributed by atoms with Crippen LogP contribution in [0.4, 0.5) is 4.79 Å². The molecule has 8 heteroatoms. The van der Waals surface area contributed by atoms with Gasteiger partial charge in [-0.3, -0.25) is 19.5 Å². The van der Waals surface area contributed by atoms with Gasteiger partial charge in [0.05, 0.1) is 11.5 Å².